The molecule has 0 aliphatic carbocycles. The van der Waals surface area contributed by atoms with E-state index in [0.29, 0.717) is 25.4 Å². The fourth-order valence-corrected chi connectivity index (χ4v) is 3.93. The number of hydrogen-bond acceptors (Lipinski definition) is 7. The molecule has 1 fully saturated rings. The molecule has 156 valence electrons. The third-order valence-corrected chi connectivity index (χ3v) is 6.09. The Morgan fingerprint density at radius 1 is 1.07 bits per heavy atom. The summed E-state index contributed by atoms with van der Waals surface area (Å²) >= 11 is 0. The van der Waals surface area contributed by atoms with Crippen LogP contribution in [0.3, 0.4) is 0 Å². The molecular weight excluding hydrogens is 394 g/mol. The minimum absolute atomic E-state index is 0.0418. The highest BCUT2D eigenvalue weighted by Crippen LogP contribution is 2.31. The molecule has 8 nitrogen and oxygen atoms in total. The van der Waals surface area contributed by atoms with Crippen LogP contribution in [-0.4, -0.2) is 63.8 Å². The standard InChI is InChI=1S/C20H25N3O5S/c1-16-3-5-17(6-4-16)28-14-13-21-9-11-22(12-10-21)19-8-7-18(29(2,26)27)15-20(19)23(24)25/h3-8,15H,9-14H2,1-2H3. The van der Waals surface area contributed by atoms with Gasteiger partial charge in [-0.2, -0.15) is 0 Å². The van der Waals surface area contributed by atoms with Gasteiger partial charge in [-0.1, -0.05) is 17.7 Å². The van der Waals surface area contributed by atoms with Crippen LogP contribution in [0.2, 0.25) is 0 Å². The summed E-state index contributed by atoms with van der Waals surface area (Å²) in [5.74, 6) is 0.843. The molecule has 2 aromatic rings. The monoisotopic (exact) mass is 419 g/mol. The van der Waals surface area contributed by atoms with Crippen LogP contribution in [0.4, 0.5) is 11.4 Å². The molecule has 1 saturated heterocycles. The summed E-state index contributed by atoms with van der Waals surface area (Å²) in [6.45, 7) is 6.14. The molecule has 0 saturated carbocycles. The molecule has 0 radical (unpaired) electrons. The van der Waals surface area contributed by atoms with E-state index >= 15 is 0 Å². The first-order chi connectivity index (χ1) is 13.7. The molecule has 1 heterocycles. The Morgan fingerprint density at radius 3 is 2.31 bits per heavy atom. The summed E-state index contributed by atoms with van der Waals surface area (Å²) < 4.78 is 29.2. The van der Waals surface area contributed by atoms with Crippen LogP contribution >= 0.6 is 0 Å². The number of rotatable bonds is 7. The quantitative estimate of drug-likeness (QED) is 0.503. The van der Waals surface area contributed by atoms with Gasteiger partial charge in [0.25, 0.3) is 5.69 Å². The zero-order valence-corrected chi connectivity index (χ0v) is 17.4. The van der Waals surface area contributed by atoms with E-state index in [0.717, 1.165) is 37.7 Å². The summed E-state index contributed by atoms with van der Waals surface area (Å²) in [5.41, 5.74) is 1.47. The van der Waals surface area contributed by atoms with E-state index in [4.69, 9.17) is 4.74 Å². The van der Waals surface area contributed by atoms with Gasteiger partial charge in [-0.05, 0) is 31.2 Å². The fraction of sp³-hybridized carbons (Fsp3) is 0.400. The zero-order chi connectivity index (χ0) is 21.0. The number of sulfone groups is 1. The van der Waals surface area contributed by atoms with E-state index in [1.165, 1.54) is 17.7 Å². The summed E-state index contributed by atoms with van der Waals surface area (Å²) in [6.07, 6.45) is 1.04. The number of piperazine rings is 1. The van der Waals surface area contributed by atoms with Gasteiger partial charge in [0.05, 0.1) is 9.82 Å². The molecule has 0 aromatic heterocycles. The van der Waals surface area contributed by atoms with E-state index in [1.54, 1.807) is 0 Å². The van der Waals surface area contributed by atoms with Crippen molar-refractivity contribution >= 4 is 21.2 Å². The van der Waals surface area contributed by atoms with Gasteiger partial charge in [-0.15, -0.1) is 0 Å². The van der Waals surface area contributed by atoms with E-state index < -0.39 is 14.8 Å². The van der Waals surface area contributed by atoms with E-state index in [1.807, 2.05) is 36.1 Å². The second-order valence-electron chi connectivity index (χ2n) is 7.17. The Kier molecular flexibility index (Phi) is 6.39. The number of hydrogen-bond donors (Lipinski definition) is 0. The van der Waals surface area contributed by atoms with Crippen molar-refractivity contribution in [3.8, 4) is 5.75 Å². The van der Waals surface area contributed by atoms with E-state index in [2.05, 4.69) is 4.90 Å². The second kappa shape index (κ2) is 8.79. The fourth-order valence-electron chi connectivity index (χ4n) is 3.29. The number of aryl methyl sites for hydroxylation is 1. The van der Waals surface area contributed by atoms with Crippen molar-refractivity contribution in [2.24, 2.45) is 0 Å². The smallest absolute Gasteiger partial charge is 0.293 e. The molecule has 9 heteroatoms. The highest BCUT2D eigenvalue weighted by atomic mass is 32.2. The van der Waals surface area contributed by atoms with E-state index in [-0.39, 0.29) is 10.6 Å². The summed E-state index contributed by atoms with van der Waals surface area (Å²) in [4.78, 5) is 15.1. The van der Waals surface area contributed by atoms with Crippen molar-refractivity contribution in [1.29, 1.82) is 0 Å². The van der Waals surface area contributed by atoms with Gasteiger partial charge < -0.3 is 9.64 Å². The molecular formula is C20H25N3O5S. The van der Waals surface area contributed by atoms with Crippen LogP contribution in [0.5, 0.6) is 5.75 Å². The van der Waals surface area contributed by atoms with Crippen LogP contribution in [0.25, 0.3) is 0 Å². The van der Waals surface area contributed by atoms with Gasteiger partial charge in [0.1, 0.15) is 18.0 Å². The second-order valence-corrected chi connectivity index (χ2v) is 9.19. The first kappa shape index (κ1) is 21.1. The molecule has 2 aromatic carbocycles. The Labute approximate surface area is 170 Å². The van der Waals surface area contributed by atoms with Gasteiger partial charge in [0, 0.05) is 45.0 Å². The van der Waals surface area contributed by atoms with Crippen molar-refractivity contribution in [2.75, 3.05) is 50.5 Å². The molecule has 3 rings (SSSR count). The third kappa shape index (κ3) is 5.45. The van der Waals surface area contributed by atoms with Crippen molar-refractivity contribution in [1.82, 2.24) is 4.90 Å². The molecule has 29 heavy (non-hydrogen) atoms. The Morgan fingerprint density at radius 2 is 1.72 bits per heavy atom. The van der Waals surface area contributed by atoms with Crippen molar-refractivity contribution < 1.29 is 18.1 Å². The van der Waals surface area contributed by atoms with Crippen LogP contribution in [-0.2, 0) is 9.84 Å². The molecule has 0 unspecified atom stereocenters. The number of nitro groups is 1. The predicted octanol–water partition coefficient (Wildman–Crippen LogP) is 2.51. The van der Waals surface area contributed by atoms with Gasteiger partial charge in [-0.3, -0.25) is 15.0 Å². The topological polar surface area (TPSA) is 93.0 Å². The highest BCUT2D eigenvalue weighted by molar-refractivity contribution is 7.90. The summed E-state index contributed by atoms with van der Waals surface area (Å²) in [5, 5.41) is 11.5. The number of ether oxygens (including phenoxy) is 1. The van der Waals surface area contributed by atoms with Crippen molar-refractivity contribution in [3.05, 3.63) is 58.1 Å². The molecule has 0 atom stereocenters. The summed E-state index contributed by atoms with van der Waals surface area (Å²) in [7, 11) is -3.50. The number of anilines is 1. The zero-order valence-electron chi connectivity index (χ0n) is 16.6. The minimum atomic E-state index is -3.50. The average molecular weight is 420 g/mol. The molecule has 0 bridgehead atoms. The van der Waals surface area contributed by atoms with Crippen LogP contribution in [0, 0.1) is 17.0 Å². The van der Waals surface area contributed by atoms with Crippen LogP contribution < -0.4 is 9.64 Å². The predicted molar refractivity (Wildman–Crippen MR) is 112 cm³/mol. The minimum Gasteiger partial charge on any atom is -0.492 e. The lowest BCUT2D eigenvalue weighted by molar-refractivity contribution is -0.384. The first-order valence-electron chi connectivity index (χ1n) is 9.39. The lowest BCUT2D eigenvalue weighted by atomic mass is 10.2. The van der Waals surface area contributed by atoms with Gasteiger partial charge in [0.2, 0.25) is 0 Å². The molecule has 0 amide bonds. The largest absolute Gasteiger partial charge is 0.492 e. The lowest BCUT2D eigenvalue weighted by Gasteiger charge is -2.35. The average Bonchev–Trinajstić information content (AvgIpc) is 2.69. The first-order valence-corrected chi connectivity index (χ1v) is 11.3. The third-order valence-electron chi connectivity index (χ3n) is 4.98. The lowest BCUT2D eigenvalue weighted by Crippen LogP contribution is -2.47. The maximum Gasteiger partial charge on any atom is 0.293 e. The Balaban J connectivity index is 1.57. The number of benzene rings is 2. The van der Waals surface area contributed by atoms with E-state index in [9.17, 15) is 18.5 Å². The Hall–Kier alpha value is -2.65. The SMILES string of the molecule is Cc1ccc(OCCN2CCN(c3ccc(S(C)(=O)=O)cc3[N+](=O)[O-])CC2)cc1. The Bertz CT molecular complexity index is 968. The summed E-state index contributed by atoms with van der Waals surface area (Å²) in [6, 6.07) is 12.0. The molecule has 1 aliphatic rings. The number of nitrogens with zero attached hydrogens (tertiary/aromatic N) is 3. The van der Waals surface area contributed by atoms with Gasteiger partial charge in [-0.25, -0.2) is 8.42 Å². The van der Waals surface area contributed by atoms with Crippen LogP contribution in [0.15, 0.2) is 47.4 Å². The van der Waals surface area contributed by atoms with Crippen molar-refractivity contribution in [2.45, 2.75) is 11.8 Å². The van der Waals surface area contributed by atoms with Gasteiger partial charge in [0.15, 0.2) is 9.84 Å². The molecule has 0 N–H and O–H groups in total. The number of nitro benzene ring substituents is 1. The maximum absolute atomic E-state index is 11.7. The maximum atomic E-state index is 11.7. The normalized spacial score (nSPS) is 15.3. The van der Waals surface area contributed by atoms with Crippen LogP contribution in [0.1, 0.15) is 5.56 Å². The molecule has 1 aliphatic heterocycles. The van der Waals surface area contributed by atoms with Gasteiger partial charge >= 0.3 is 0 Å². The van der Waals surface area contributed by atoms with Crippen molar-refractivity contribution in [3.63, 3.8) is 0 Å². The highest BCUT2D eigenvalue weighted by Gasteiger charge is 2.25. The molecule has 0 spiro atoms.